The highest BCUT2D eigenvalue weighted by molar-refractivity contribution is 6.35. The Morgan fingerprint density at radius 3 is 2.67 bits per heavy atom. The second kappa shape index (κ2) is 5.35. The fourth-order valence-electron chi connectivity index (χ4n) is 1.11. The van der Waals surface area contributed by atoms with Gasteiger partial charge in [0.2, 0.25) is 5.91 Å². The van der Waals surface area contributed by atoms with Crippen LogP contribution in [0.2, 0.25) is 10.0 Å². The molecule has 0 atom stereocenters. The molecule has 1 rings (SSSR count). The molecule has 1 amide bonds. The van der Waals surface area contributed by atoms with E-state index in [0.29, 0.717) is 16.6 Å². The van der Waals surface area contributed by atoms with Crippen LogP contribution in [0.5, 0.6) is 0 Å². The summed E-state index contributed by atoms with van der Waals surface area (Å²) in [5.74, 6) is -0.346. The predicted molar refractivity (Wildman–Crippen MR) is 60.0 cm³/mol. The number of halogens is 2. The number of hydrogen-bond acceptors (Lipinski definition) is 2. The molecule has 5 heteroatoms. The molecule has 0 aliphatic rings. The molecule has 0 aliphatic heterocycles. The molecule has 1 aromatic carbocycles. The van der Waals surface area contributed by atoms with Gasteiger partial charge in [-0.05, 0) is 17.7 Å². The van der Waals surface area contributed by atoms with Gasteiger partial charge < -0.3 is 10.0 Å². The van der Waals surface area contributed by atoms with Crippen LogP contribution in [0, 0.1) is 0 Å². The first-order valence-electron chi connectivity index (χ1n) is 4.33. The van der Waals surface area contributed by atoms with Gasteiger partial charge in [0.1, 0.15) is 6.61 Å². The number of aliphatic hydroxyl groups excluding tert-OH is 1. The van der Waals surface area contributed by atoms with Crippen LogP contribution in [0.3, 0.4) is 0 Å². The van der Waals surface area contributed by atoms with Crippen molar-refractivity contribution in [3.63, 3.8) is 0 Å². The van der Waals surface area contributed by atoms with E-state index in [2.05, 4.69) is 0 Å². The molecule has 0 saturated carbocycles. The number of rotatable bonds is 3. The van der Waals surface area contributed by atoms with Crippen molar-refractivity contribution < 1.29 is 9.90 Å². The number of nitrogens with zero attached hydrogens (tertiary/aromatic N) is 1. The normalized spacial score (nSPS) is 10.1. The minimum Gasteiger partial charge on any atom is -0.387 e. The first-order valence-corrected chi connectivity index (χ1v) is 5.09. The average Bonchev–Trinajstić information content (AvgIpc) is 2.20. The first kappa shape index (κ1) is 12.3. The van der Waals surface area contributed by atoms with Gasteiger partial charge in [-0.25, -0.2) is 0 Å². The lowest BCUT2D eigenvalue weighted by atomic mass is 10.2. The summed E-state index contributed by atoms with van der Waals surface area (Å²) in [5.41, 5.74) is 0.797. The number of amides is 1. The van der Waals surface area contributed by atoms with Crippen LogP contribution in [-0.2, 0) is 11.3 Å². The molecule has 1 aromatic rings. The zero-order chi connectivity index (χ0) is 11.4. The highest BCUT2D eigenvalue weighted by atomic mass is 35.5. The largest absolute Gasteiger partial charge is 0.387 e. The lowest BCUT2D eigenvalue weighted by Crippen LogP contribution is -2.28. The van der Waals surface area contributed by atoms with E-state index < -0.39 is 6.61 Å². The number of carbonyl (C=O) groups is 1. The van der Waals surface area contributed by atoms with Gasteiger partial charge in [-0.2, -0.15) is 0 Å². The highest BCUT2D eigenvalue weighted by Crippen LogP contribution is 2.21. The van der Waals surface area contributed by atoms with Crippen LogP contribution in [0.1, 0.15) is 5.56 Å². The van der Waals surface area contributed by atoms with Crippen molar-refractivity contribution in [2.45, 2.75) is 6.54 Å². The Morgan fingerprint density at radius 2 is 2.13 bits per heavy atom. The summed E-state index contributed by atoms with van der Waals surface area (Å²) < 4.78 is 0. The van der Waals surface area contributed by atoms with Gasteiger partial charge in [0.15, 0.2) is 0 Å². The maximum atomic E-state index is 11.1. The molecule has 0 saturated heterocycles. The third kappa shape index (κ3) is 3.38. The van der Waals surface area contributed by atoms with Crippen LogP contribution in [-0.4, -0.2) is 29.6 Å². The molecule has 0 fully saturated rings. The van der Waals surface area contributed by atoms with E-state index >= 15 is 0 Å². The van der Waals surface area contributed by atoms with Crippen LogP contribution in [0.4, 0.5) is 0 Å². The smallest absolute Gasteiger partial charge is 0.248 e. The van der Waals surface area contributed by atoms with Crippen LogP contribution in [0.15, 0.2) is 18.2 Å². The van der Waals surface area contributed by atoms with Crippen LogP contribution in [0.25, 0.3) is 0 Å². The van der Waals surface area contributed by atoms with Gasteiger partial charge in [-0.1, -0.05) is 29.3 Å². The van der Waals surface area contributed by atoms with Crippen molar-refractivity contribution in [2.75, 3.05) is 13.7 Å². The fraction of sp³-hybridized carbons (Fsp3) is 0.300. The van der Waals surface area contributed by atoms with E-state index in [4.69, 9.17) is 28.3 Å². The molecule has 3 nitrogen and oxygen atoms in total. The van der Waals surface area contributed by atoms with Gasteiger partial charge in [0.25, 0.3) is 0 Å². The number of hydrogen-bond donors (Lipinski definition) is 1. The van der Waals surface area contributed by atoms with E-state index in [9.17, 15) is 4.79 Å². The maximum absolute atomic E-state index is 11.1. The van der Waals surface area contributed by atoms with Gasteiger partial charge in [-0.3, -0.25) is 4.79 Å². The third-order valence-electron chi connectivity index (χ3n) is 1.98. The Morgan fingerprint density at radius 1 is 1.47 bits per heavy atom. The molecule has 0 radical (unpaired) electrons. The van der Waals surface area contributed by atoms with E-state index in [1.54, 1.807) is 25.2 Å². The third-order valence-corrected chi connectivity index (χ3v) is 2.57. The second-order valence-corrected chi connectivity index (χ2v) is 3.99. The second-order valence-electron chi connectivity index (χ2n) is 3.14. The van der Waals surface area contributed by atoms with E-state index in [-0.39, 0.29) is 5.91 Å². The van der Waals surface area contributed by atoms with Crippen molar-refractivity contribution in [1.82, 2.24) is 4.90 Å². The van der Waals surface area contributed by atoms with Gasteiger partial charge in [-0.15, -0.1) is 0 Å². The SMILES string of the molecule is CN(Cc1ccc(Cl)cc1Cl)C(=O)CO. The Labute approximate surface area is 98.2 Å². The minimum absolute atomic E-state index is 0.346. The van der Waals surface area contributed by atoms with E-state index in [1.807, 2.05) is 0 Å². The predicted octanol–water partition coefficient (Wildman–Crippen LogP) is 1.94. The summed E-state index contributed by atoms with van der Waals surface area (Å²) in [4.78, 5) is 12.5. The minimum atomic E-state index is -0.498. The quantitative estimate of drug-likeness (QED) is 0.888. The average molecular weight is 248 g/mol. The van der Waals surface area contributed by atoms with E-state index in [0.717, 1.165) is 5.56 Å². The van der Waals surface area contributed by atoms with Crippen LogP contribution >= 0.6 is 23.2 Å². The Hall–Kier alpha value is -0.770. The van der Waals surface area contributed by atoms with Crippen LogP contribution < -0.4 is 0 Å². The summed E-state index contributed by atoms with van der Waals surface area (Å²) >= 11 is 11.7. The molecule has 0 spiro atoms. The summed E-state index contributed by atoms with van der Waals surface area (Å²) in [7, 11) is 1.60. The zero-order valence-electron chi connectivity index (χ0n) is 8.20. The molecule has 0 unspecified atom stereocenters. The lowest BCUT2D eigenvalue weighted by molar-refractivity contribution is -0.133. The Kier molecular flexibility index (Phi) is 4.39. The zero-order valence-corrected chi connectivity index (χ0v) is 9.72. The molecule has 0 bridgehead atoms. The van der Waals surface area contributed by atoms with Crippen molar-refractivity contribution in [3.05, 3.63) is 33.8 Å². The number of benzene rings is 1. The van der Waals surface area contributed by atoms with Crippen molar-refractivity contribution >= 4 is 29.1 Å². The van der Waals surface area contributed by atoms with Crippen molar-refractivity contribution in [1.29, 1.82) is 0 Å². The maximum Gasteiger partial charge on any atom is 0.248 e. The summed E-state index contributed by atoms with van der Waals surface area (Å²) in [6.45, 7) is -0.142. The van der Waals surface area contributed by atoms with Gasteiger partial charge in [0.05, 0.1) is 0 Å². The molecule has 0 aromatic heterocycles. The number of aliphatic hydroxyl groups is 1. The van der Waals surface area contributed by atoms with Gasteiger partial charge >= 0.3 is 0 Å². The molecule has 0 heterocycles. The fourth-order valence-corrected chi connectivity index (χ4v) is 1.58. The highest BCUT2D eigenvalue weighted by Gasteiger charge is 2.09. The van der Waals surface area contributed by atoms with Gasteiger partial charge in [0, 0.05) is 23.6 Å². The standard InChI is InChI=1S/C10H11Cl2NO2/c1-13(10(15)6-14)5-7-2-3-8(11)4-9(7)12/h2-4,14H,5-6H2,1H3. The summed E-state index contributed by atoms with van der Waals surface area (Å²) in [6, 6.07) is 5.08. The van der Waals surface area contributed by atoms with E-state index in [1.165, 1.54) is 4.90 Å². The van der Waals surface area contributed by atoms with Crippen molar-refractivity contribution in [2.24, 2.45) is 0 Å². The molecular weight excluding hydrogens is 237 g/mol. The molecule has 15 heavy (non-hydrogen) atoms. The molecule has 82 valence electrons. The Bertz CT molecular complexity index is 368. The number of carbonyl (C=O) groups excluding carboxylic acids is 1. The monoisotopic (exact) mass is 247 g/mol. The topological polar surface area (TPSA) is 40.5 Å². The first-order chi connectivity index (χ1) is 7.04. The van der Waals surface area contributed by atoms with Crippen molar-refractivity contribution in [3.8, 4) is 0 Å². The molecule has 1 N–H and O–H groups in total. The summed E-state index contributed by atoms with van der Waals surface area (Å²) in [6.07, 6.45) is 0. The number of likely N-dealkylation sites (N-methyl/N-ethyl adjacent to an activating group) is 1. The summed E-state index contributed by atoms with van der Waals surface area (Å²) in [5, 5.41) is 9.72. The molecule has 0 aliphatic carbocycles. The lowest BCUT2D eigenvalue weighted by Gasteiger charge is -2.16. The molecular formula is C10H11Cl2NO2. The Balaban J connectivity index is 2.76.